The zero-order chi connectivity index (χ0) is 16.5. The number of azo groups is 1. The fourth-order valence-electron chi connectivity index (χ4n) is 1.89. The van der Waals surface area contributed by atoms with Crippen LogP contribution in [0.15, 0.2) is 58.8 Å². The van der Waals surface area contributed by atoms with Gasteiger partial charge in [0, 0.05) is 5.69 Å². The van der Waals surface area contributed by atoms with E-state index in [-0.39, 0.29) is 0 Å². The highest BCUT2D eigenvalue weighted by molar-refractivity contribution is 5.48. The maximum Gasteiger partial charge on any atom is 0.0858 e. The Hall–Kier alpha value is -2.28. The van der Waals surface area contributed by atoms with Gasteiger partial charge in [-0.3, -0.25) is 9.68 Å². The van der Waals surface area contributed by atoms with Crippen molar-refractivity contribution in [1.29, 1.82) is 0 Å². The molecule has 2 aromatic rings. The molecule has 2 rings (SSSR count). The lowest BCUT2D eigenvalue weighted by molar-refractivity contribution is -0.371. The molecule has 6 nitrogen and oxygen atoms in total. The van der Waals surface area contributed by atoms with Gasteiger partial charge in [-0.05, 0) is 55.8 Å². The molecule has 122 valence electrons. The molecule has 0 aromatic heterocycles. The summed E-state index contributed by atoms with van der Waals surface area (Å²) in [6.45, 7) is 5.53. The van der Waals surface area contributed by atoms with Crippen LogP contribution in [0.3, 0.4) is 0 Å². The van der Waals surface area contributed by atoms with E-state index in [4.69, 9.17) is 15.4 Å². The molecule has 0 bridgehead atoms. The zero-order valence-corrected chi connectivity index (χ0v) is 13.5. The van der Waals surface area contributed by atoms with Gasteiger partial charge in [0.25, 0.3) is 0 Å². The van der Waals surface area contributed by atoms with Crippen LogP contribution >= 0.6 is 0 Å². The Balaban J connectivity index is 1.97. The number of nitrogens with zero attached hydrogens (tertiary/aromatic N) is 3. The smallest absolute Gasteiger partial charge is 0.0858 e. The number of nitrogens with two attached hydrogens (primary N) is 1. The van der Waals surface area contributed by atoms with Gasteiger partial charge in [0.05, 0.1) is 31.1 Å². The van der Waals surface area contributed by atoms with E-state index in [0.29, 0.717) is 25.4 Å². The third-order valence-corrected chi connectivity index (χ3v) is 2.97. The molecule has 0 aliphatic rings. The molecule has 0 radical (unpaired) electrons. The summed E-state index contributed by atoms with van der Waals surface area (Å²) >= 11 is 0. The lowest BCUT2D eigenvalue weighted by Gasteiger charge is -2.19. The van der Waals surface area contributed by atoms with E-state index in [1.807, 2.05) is 50.2 Å². The van der Waals surface area contributed by atoms with Crippen molar-refractivity contribution in [3.63, 3.8) is 0 Å². The van der Waals surface area contributed by atoms with E-state index in [9.17, 15) is 0 Å². The van der Waals surface area contributed by atoms with Gasteiger partial charge in [0.15, 0.2) is 0 Å². The van der Waals surface area contributed by atoms with Crippen LogP contribution in [0, 0.1) is 0 Å². The highest BCUT2D eigenvalue weighted by atomic mass is 16.9. The summed E-state index contributed by atoms with van der Waals surface area (Å²) in [6, 6.07) is 15.0. The second-order valence-corrected chi connectivity index (χ2v) is 4.78. The van der Waals surface area contributed by atoms with Gasteiger partial charge < -0.3 is 5.73 Å². The Labute approximate surface area is 136 Å². The molecule has 0 fully saturated rings. The third-order valence-electron chi connectivity index (χ3n) is 2.97. The van der Waals surface area contributed by atoms with Gasteiger partial charge in [0.2, 0.25) is 0 Å². The normalized spacial score (nSPS) is 11.4. The minimum Gasteiger partial charge on any atom is -0.399 e. The summed E-state index contributed by atoms with van der Waals surface area (Å²) < 4.78 is 0. The van der Waals surface area contributed by atoms with Crippen LogP contribution in [0.5, 0.6) is 0 Å². The first-order chi connectivity index (χ1) is 11.2. The summed E-state index contributed by atoms with van der Waals surface area (Å²) in [5.41, 5.74) is 8.96. The van der Waals surface area contributed by atoms with Gasteiger partial charge in [-0.25, -0.2) is 0 Å². The van der Waals surface area contributed by atoms with E-state index in [0.717, 1.165) is 16.9 Å². The molecule has 6 heteroatoms. The minimum atomic E-state index is 0.553. The molecule has 0 aliphatic carbocycles. The molecule has 0 aliphatic heterocycles. The van der Waals surface area contributed by atoms with Crippen molar-refractivity contribution in [2.75, 3.05) is 18.9 Å². The Morgan fingerprint density at radius 2 is 1.30 bits per heavy atom. The second-order valence-electron chi connectivity index (χ2n) is 4.78. The molecule has 2 aromatic carbocycles. The first-order valence-corrected chi connectivity index (χ1v) is 7.61. The van der Waals surface area contributed by atoms with Gasteiger partial charge in [0.1, 0.15) is 0 Å². The van der Waals surface area contributed by atoms with Crippen molar-refractivity contribution in [3.8, 4) is 0 Å². The highest BCUT2D eigenvalue weighted by Crippen LogP contribution is 2.20. The van der Waals surface area contributed by atoms with Crippen LogP contribution < -0.4 is 5.73 Å². The van der Waals surface area contributed by atoms with Crippen molar-refractivity contribution < 1.29 is 9.68 Å². The summed E-state index contributed by atoms with van der Waals surface area (Å²) in [5, 5.41) is 9.87. The van der Waals surface area contributed by atoms with Crippen LogP contribution in [-0.4, -0.2) is 18.4 Å². The molecule has 2 N–H and O–H groups in total. The summed E-state index contributed by atoms with van der Waals surface area (Å²) in [7, 11) is 0. The number of hydrogen-bond donors (Lipinski definition) is 1. The van der Waals surface area contributed by atoms with Crippen LogP contribution in [0.1, 0.15) is 19.4 Å². The Bertz CT molecular complexity index is 605. The number of benzene rings is 2. The molecular weight excluding hydrogens is 292 g/mol. The number of hydroxylamine groups is 2. The maximum atomic E-state index is 5.64. The van der Waals surface area contributed by atoms with Gasteiger partial charge in [-0.15, -0.1) is 0 Å². The first-order valence-electron chi connectivity index (χ1n) is 7.61. The van der Waals surface area contributed by atoms with Crippen LogP contribution in [0.25, 0.3) is 0 Å². The average molecular weight is 314 g/mol. The predicted molar refractivity (Wildman–Crippen MR) is 90.3 cm³/mol. The van der Waals surface area contributed by atoms with Crippen molar-refractivity contribution in [3.05, 3.63) is 54.1 Å². The fourth-order valence-corrected chi connectivity index (χ4v) is 1.89. The SMILES string of the molecule is CCON(Cc1ccc(N=Nc2ccc(N)cc2)cc1)OCC. The summed E-state index contributed by atoms with van der Waals surface area (Å²) in [5.74, 6) is 0. The quantitative estimate of drug-likeness (QED) is 0.445. The van der Waals surface area contributed by atoms with Crippen molar-refractivity contribution in [1.82, 2.24) is 5.23 Å². The topological polar surface area (TPSA) is 72.4 Å². The largest absolute Gasteiger partial charge is 0.399 e. The van der Waals surface area contributed by atoms with E-state index < -0.39 is 0 Å². The second kappa shape index (κ2) is 8.99. The molecule has 0 saturated heterocycles. The van der Waals surface area contributed by atoms with Gasteiger partial charge in [-0.2, -0.15) is 10.2 Å². The molecule has 0 spiro atoms. The van der Waals surface area contributed by atoms with Crippen LogP contribution in [-0.2, 0) is 16.2 Å². The Morgan fingerprint density at radius 1 is 0.826 bits per heavy atom. The molecule has 0 heterocycles. The number of rotatable bonds is 8. The minimum absolute atomic E-state index is 0.553. The Morgan fingerprint density at radius 3 is 1.78 bits per heavy atom. The molecule has 0 unspecified atom stereocenters. The molecule has 0 amide bonds. The van der Waals surface area contributed by atoms with Gasteiger partial charge >= 0.3 is 0 Å². The summed E-state index contributed by atoms with van der Waals surface area (Å²) in [4.78, 5) is 10.8. The average Bonchev–Trinajstić information content (AvgIpc) is 2.56. The molecule has 0 saturated carbocycles. The van der Waals surface area contributed by atoms with Crippen LogP contribution in [0.4, 0.5) is 17.1 Å². The number of nitrogen functional groups attached to an aromatic ring is 1. The van der Waals surface area contributed by atoms with E-state index in [1.54, 1.807) is 12.1 Å². The monoisotopic (exact) mass is 314 g/mol. The predicted octanol–water partition coefficient (Wildman–Crippen LogP) is 4.39. The van der Waals surface area contributed by atoms with E-state index in [2.05, 4.69) is 10.2 Å². The Kier molecular flexibility index (Phi) is 6.68. The van der Waals surface area contributed by atoms with E-state index in [1.165, 1.54) is 5.23 Å². The van der Waals surface area contributed by atoms with Crippen LogP contribution in [0.2, 0.25) is 0 Å². The van der Waals surface area contributed by atoms with Crippen molar-refractivity contribution >= 4 is 17.1 Å². The lowest BCUT2D eigenvalue weighted by Crippen LogP contribution is -2.23. The molecular formula is C17H22N4O2. The van der Waals surface area contributed by atoms with Crippen molar-refractivity contribution in [2.24, 2.45) is 10.2 Å². The highest BCUT2D eigenvalue weighted by Gasteiger charge is 2.05. The van der Waals surface area contributed by atoms with E-state index >= 15 is 0 Å². The number of anilines is 1. The fraction of sp³-hybridized carbons (Fsp3) is 0.294. The van der Waals surface area contributed by atoms with Crippen molar-refractivity contribution in [2.45, 2.75) is 20.4 Å². The lowest BCUT2D eigenvalue weighted by atomic mass is 10.2. The summed E-state index contributed by atoms with van der Waals surface area (Å²) in [6.07, 6.45) is 0. The third kappa shape index (κ3) is 5.78. The first kappa shape index (κ1) is 17.1. The maximum absolute atomic E-state index is 5.64. The number of hydrogen-bond acceptors (Lipinski definition) is 6. The molecule has 23 heavy (non-hydrogen) atoms. The standard InChI is InChI=1S/C17H22N4O2/c1-3-22-21(23-4-2)13-14-5-9-16(10-6-14)19-20-17-11-7-15(18)8-12-17/h5-12H,3-4,13,18H2,1-2H3. The van der Waals surface area contributed by atoms with Gasteiger partial charge in [-0.1, -0.05) is 17.4 Å². The zero-order valence-electron chi connectivity index (χ0n) is 13.5. The molecule has 0 atom stereocenters.